The van der Waals surface area contributed by atoms with Crippen LogP contribution in [-0.2, 0) is 0 Å². The van der Waals surface area contributed by atoms with Gasteiger partial charge in [0.1, 0.15) is 0 Å². The molecule has 260 valence electrons. The van der Waals surface area contributed by atoms with Gasteiger partial charge in [0, 0.05) is 54.6 Å². The lowest BCUT2D eigenvalue weighted by molar-refractivity contribution is 1.13. The summed E-state index contributed by atoms with van der Waals surface area (Å²) in [5.41, 5.74) is 12.4. The fourth-order valence-electron chi connectivity index (χ4n) is 9.18. The molecule has 0 fully saturated rings. The second-order valence-electron chi connectivity index (χ2n) is 14.7. The van der Waals surface area contributed by atoms with Gasteiger partial charge in [-0.15, -0.1) is 0 Å². The third kappa shape index (κ3) is 4.55. The summed E-state index contributed by atoms with van der Waals surface area (Å²) in [7, 11) is 0. The van der Waals surface area contributed by atoms with E-state index in [1.54, 1.807) is 0 Å². The molecule has 0 radical (unpaired) electrons. The fourth-order valence-corrected chi connectivity index (χ4v) is 9.18. The fraction of sp³-hybridized carbons (Fsp3) is 0. The van der Waals surface area contributed by atoms with Crippen LogP contribution >= 0.6 is 0 Å². The first-order valence-electron chi connectivity index (χ1n) is 19.2. The van der Waals surface area contributed by atoms with Crippen LogP contribution in [0.2, 0.25) is 0 Å². The molecule has 12 aromatic rings. The predicted octanol–water partition coefficient (Wildman–Crippen LogP) is 14.1. The zero-order valence-corrected chi connectivity index (χ0v) is 30.4. The van der Waals surface area contributed by atoms with Crippen LogP contribution in [0.4, 0.5) is 0 Å². The highest BCUT2D eigenvalue weighted by Gasteiger charge is 2.18. The van der Waals surface area contributed by atoms with E-state index in [1.165, 1.54) is 65.2 Å². The molecule has 0 N–H and O–H groups in total. The maximum Gasteiger partial charge on any atom is 0.0788 e. The highest BCUT2D eigenvalue weighted by molar-refractivity contribution is 6.22. The highest BCUT2D eigenvalue weighted by Crippen LogP contribution is 2.40. The van der Waals surface area contributed by atoms with E-state index in [2.05, 4.69) is 209 Å². The number of hydrogen-bond donors (Lipinski definition) is 0. The van der Waals surface area contributed by atoms with Gasteiger partial charge in [-0.2, -0.15) is 0 Å². The van der Waals surface area contributed by atoms with Crippen LogP contribution in [0.1, 0.15) is 0 Å². The first kappa shape index (κ1) is 30.9. The molecule has 0 amide bonds. The summed E-state index contributed by atoms with van der Waals surface area (Å²) >= 11 is 0. The van der Waals surface area contributed by atoms with Gasteiger partial charge in [-0.3, -0.25) is 0 Å². The van der Waals surface area contributed by atoms with E-state index < -0.39 is 0 Å². The van der Waals surface area contributed by atoms with Crippen molar-refractivity contribution in [3.05, 3.63) is 200 Å². The highest BCUT2D eigenvalue weighted by atomic mass is 15.0. The van der Waals surface area contributed by atoms with Crippen molar-refractivity contribution in [2.45, 2.75) is 0 Å². The molecule has 3 nitrogen and oxygen atoms in total. The summed E-state index contributed by atoms with van der Waals surface area (Å²) in [6.07, 6.45) is 0. The zero-order valence-electron chi connectivity index (χ0n) is 30.4. The first-order valence-corrected chi connectivity index (χ1v) is 19.2. The number of fused-ring (bicyclic) bond motifs is 11. The molecule has 3 aromatic heterocycles. The molecular weight excluding hydrogens is 679 g/mol. The Labute approximate surface area is 322 Å². The van der Waals surface area contributed by atoms with Crippen LogP contribution in [0.25, 0.3) is 110 Å². The average Bonchev–Trinajstić information content (AvgIpc) is 3.79. The molecule has 3 heteroatoms. The van der Waals surface area contributed by atoms with Gasteiger partial charge in [-0.05, 0) is 70.4 Å². The van der Waals surface area contributed by atoms with Crippen molar-refractivity contribution < 1.29 is 0 Å². The third-order valence-corrected chi connectivity index (χ3v) is 11.7. The molecule has 0 saturated heterocycles. The number of benzene rings is 9. The van der Waals surface area contributed by atoms with Gasteiger partial charge in [-0.25, -0.2) is 4.98 Å². The molecule has 0 spiro atoms. The van der Waals surface area contributed by atoms with E-state index in [9.17, 15) is 0 Å². The summed E-state index contributed by atoms with van der Waals surface area (Å²) < 4.78 is 4.85. The third-order valence-electron chi connectivity index (χ3n) is 11.7. The quantitative estimate of drug-likeness (QED) is 0.167. The minimum atomic E-state index is 1.00. The van der Waals surface area contributed by atoms with E-state index in [-0.39, 0.29) is 0 Å². The van der Waals surface area contributed by atoms with Crippen LogP contribution in [0.5, 0.6) is 0 Å². The van der Waals surface area contributed by atoms with Gasteiger partial charge in [0.15, 0.2) is 0 Å². The molecule has 0 unspecified atom stereocenters. The summed E-state index contributed by atoms with van der Waals surface area (Å²) in [6, 6.07) is 72.7. The van der Waals surface area contributed by atoms with Crippen LogP contribution in [0.15, 0.2) is 200 Å². The molecule has 3 heterocycles. The normalized spacial score (nSPS) is 11.9. The summed E-state index contributed by atoms with van der Waals surface area (Å²) in [5, 5.41) is 11.1. The molecule has 0 saturated carbocycles. The Hall–Kier alpha value is -7.49. The molecule has 0 aliphatic rings. The van der Waals surface area contributed by atoms with Crippen molar-refractivity contribution in [3.8, 4) is 33.8 Å². The van der Waals surface area contributed by atoms with Gasteiger partial charge in [0.25, 0.3) is 0 Å². The molecule has 0 aliphatic carbocycles. The minimum Gasteiger partial charge on any atom is -0.309 e. The number of nitrogens with zero attached hydrogens (tertiary/aromatic N) is 3. The number of pyridine rings is 1. The Balaban J connectivity index is 1.10. The predicted molar refractivity (Wildman–Crippen MR) is 236 cm³/mol. The van der Waals surface area contributed by atoms with Crippen LogP contribution in [0.3, 0.4) is 0 Å². The second kappa shape index (κ2) is 12.0. The van der Waals surface area contributed by atoms with Crippen molar-refractivity contribution in [3.63, 3.8) is 0 Å². The average molecular weight is 712 g/mol. The molecule has 0 aliphatic heterocycles. The molecule has 0 bridgehead atoms. The van der Waals surface area contributed by atoms with E-state index in [0.29, 0.717) is 0 Å². The van der Waals surface area contributed by atoms with Crippen LogP contribution in [-0.4, -0.2) is 14.1 Å². The van der Waals surface area contributed by atoms with Crippen molar-refractivity contribution >= 4 is 76.1 Å². The van der Waals surface area contributed by atoms with Crippen molar-refractivity contribution in [2.24, 2.45) is 0 Å². The van der Waals surface area contributed by atoms with Gasteiger partial charge in [-0.1, -0.05) is 152 Å². The minimum absolute atomic E-state index is 1.00. The van der Waals surface area contributed by atoms with Crippen molar-refractivity contribution in [2.75, 3.05) is 0 Å². The lowest BCUT2D eigenvalue weighted by Gasteiger charge is -2.16. The Morgan fingerprint density at radius 1 is 0.304 bits per heavy atom. The maximum absolute atomic E-state index is 5.29. The van der Waals surface area contributed by atoms with Gasteiger partial charge < -0.3 is 9.13 Å². The Bertz CT molecular complexity index is 3280. The van der Waals surface area contributed by atoms with Crippen LogP contribution < -0.4 is 0 Å². The number of rotatable bonds is 4. The summed E-state index contributed by atoms with van der Waals surface area (Å²) in [4.78, 5) is 5.29. The zero-order chi connectivity index (χ0) is 36.7. The van der Waals surface area contributed by atoms with Crippen LogP contribution in [0, 0.1) is 0 Å². The first-order chi connectivity index (χ1) is 27.8. The Morgan fingerprint density at radius 3 is 1.30 bits per heavy atom. The molecule has 12 rings (SSSR count). The van der Waals surface area contributed by atoms with E-state index in [0.717, 1.165) is 44.7 Å². The molecule has 56 heavy (non-hydrogen) atoms. The summed E-state index contributed by atoms with van der Waals surface area (Å²) in [6.45, 7) is 0. The van der Waals surface area contributed by atoms with Gasteiger partial charge in [0.05, 0.1) is 33.3 Å². The number of hydrogen-bond acceptors (Lipinski definition) is 1. The van der Waals surface area contributed by atoms with Crippen molar-refractivity contribution in [1.29, 1.82) is 0 Å². The van der Waals surface area contributed by atoms with E-state index in [1.807, 2.05) is 0 Å². The largest absolute Gasteiger partial charge is 0.309 e. The van der Waals surface area contributed by atoms with Crippen molar-refractivity contribution in [1.82, 2.24) is 14.1 Å². The smallest absolute Gasteiger partial charge is 0.0788 e. The topological polar surface area (TPSA) is 22.8 Å². The lowest BCUT2D eigenvalue weighted by Crippen LogP contribution is -2.00. The van der Waals surface area contributed by atoms with Gasteiger partial charge in [0.2, 0.25) is 0 Å². The SMILES string of the molecule is c1ccc2c(c1)ccc1c(-c3ccc(-c4cc(-n5c6ccccc6c6ccccc65)cc(-n5c6ccccc6c6ccccc65)c4)cc3)nc3ccccc3c12. The molecular formula is C53H33N3. The number of aromatic nitrogens is 3. The van der Waals surface area contributed by atoms with E-state index >= 15 is 0 Å². The lowest BCUT2D eigenvalue weighted by atomic mass is 9.94. The molecule has 9 aromatic carbocycles. The monoisotopic (exact) mass is 711 g/mol. The Morgan fingerprint density at radius 2 is 0.750 bits per heavy atom. The second-order valence-corrected chi connectivity index (χ2v) is 14.7. The number of para-hydroxylation sites is 5. The maximum atomic E-state index is 5.29. The molecule has 0 atom stereocenters. The standard InChI is InChI=1S/C53H33N3/c1-2-14-40-35(13-1)29-30-46-52(40)45-19-3-8-20-47(45)54-53(46)36-27-25-34(26-28-36)37-31-38(55-48-21-9-4-15-41(48)42-16-5-10-22-49(42)55)33-39(32-37)56-50-23-11-6-17-43(50)44-18-7-12-24-51(44)56/h1-33H. The summed E-state index contributed by atoms with van der Waals surface area (Å²) in [5.74, 6) is 0. The van der Waals surface area contributed by atoms with E-state index in [4.69, 9.17) is 4.98 Å². The Kier molecular flexibility index (Phi) is 6.63. The van der Waals surface area contributed by atoms with Gasteiger partial charge >= 0.3 is 0 Å².